The highest BCUT2D eigenvalue weighted by molar-refractivity contribution is 6.74. The number of aromatic nitrogens is 3. The molecule has 2 heterocycles. The predicted molar refractivity (Wildman–Crippen MR) is 184 cm³/mol. The van der Waals surface area contributed by atoms with Gasteiger partial charge >= 0.3 is 18.3 Å². The smallest absolute Gasteiger partial charge is 0.444 e. The van der Waals surface area contributed by atoms with Gasteiger partial charge in [-0.1, -0.05) is 79.5 Å². The lowest BCUT2D eigenvalue weighted by Gasteiger charge is -2.30. The summed E-state index contributed by atoms with van der Waals surface area (Å²) in [5.41, 5.74) is 1.81. The van der Waals surface area contributed by atoms with Crippen molar-refractivity contribution in [3.05, 3.63) is 71.9 Å². The molecule has 1 fully saturated rings. The van der Waals surface area contributed by atoms with Gasteiger partial charge in [-0.2, -0.15) is 0 Å². The molecule has 0 bridgehead atoms. The van der Waals surface area contributed by atoms with Crippen LogP contribution >= 0.6 is 0 Å². The number of nitrogens with one attached hydrogen (secondary N) is 1. The Labute approximate surface area is 284 Å². The fourth-order valence-electron chi connectivity index (χ4n) is 5.25. The van der Waals surface area contributed by atoms with Crippen LogP contribution in [0.3, 0.4) is 0 Å². The Hall–Kier alpha value is -4.39. The third-order valence-corrected chi connectivity index (χ3v) is 8.45. The van der Waals surface area contributed by atoms with E-state index in [1.54, 1.807) is 41.5 Å². The third-order valence-electron chi connectivity index (χ3n) is 7.18. The van der Waals surface area contributed by atoms with E-state index in [0.29, 0.717) is 0 Å². The number of nitrogens with zero attached hydrogens (tertiary/aromatic N) is 4. The third kappa shape index (κ3) is 11.1. The molecule has 1 aliphatic heterocycles. The van der Waals surface area contributed by atoms with Crippen molar-refractivity contribution in [3.8, 4) is 11.3 Å². The van der Waals surface area contributed by atoms with E-state index < -0.39 is 55.9 Å². The molecule has 0 unspecified atom stereocenters. The molecule has 12 nitrogen and oxygen atoms in total. The molecule has 1 aliphatic rings. The number of amides is 2. The summed E-state index contributed by atoms with van der Waals surface area (Å²) < 4.78 is 24.7. The minimum absolute atomic E-state index is 0.0618. The monoisotopic (exact) mass is 679 g/mol. The lowest BCUT2D eigenvalue weighted by molar-refractivity contribution is -0.0518. The van der Waals surface area contributed by atoms with Crippen LogP contribution in [0.1, 0.15) is 52.7 Å². The van der Waals surface area contributed by atoms with Crippen molar-refractivity contribution in [1.82, 2.24) is 25.2 Å². The lowest BCUT2D eigenvalue weighted by Crippen LogP contribution is -2.46. The molecule has 4 rings (SSSR count). The zero-order valence-corrected chi connectivity index (χ0v) is 30.5. The number of carbonyl (C=O) groups is 3. The van der Waals surface area contributed by atoms with Gasteiger partial charge in [0.05, 0.1) is 26.9 Å². The number of alkyl carbamates (subject to hydrolysis) is 1. The molecule has 260 valence electrons. The first kappa shape index (κ1) is 36.4. The number of hydrogen-bond donors (Lipinski definition) is 1. The van der Waals surface area contributed by atoms with Gasteiger partial charge in [-0.25, -0.2) is 14.4 Å². The van der Waals surface area contributed by atoms with Crippen molar-refractivity contribution in [2.75, 3.05) is 6.54 Å². The van der Waals surface area contributed by atoms with Gasteiger partial charge in [-0.3, -0.25) is 9.58 Å². The summed E-state index contributed by atoms with van der Waals surface area (Å²) in [4.78, 5) is 41.0. The van der Waals surface area contributed by atoms with Gasteiger partial charge in [-0.15, -0.1) is 5.10 Å². The molecule has 1 saturated heterocycles. The maximum atomic E-state index is 13.6. The van der Waals surface area contributed by atoms with Crippen molar-refractivity contribution in [3.63, 3.8) is 0 Å². The second kappa shape index (κ2) is 14.8. The molecule has 0 saturated carbocycles. The van der Waals surface area contributed by atoms with Gasteiger partial charge in [0.25, 0.3) is 0 Å². The van der Waals surface area contributed by atoms with Gasteiger partial charge in [0, 0.05) is 18.3 Å². The van der Waals surface area contributed by atoms with E-state index in [1.165, 1.54) is 4.90 Å². The molecule has 3 aromatic rings. The molecule has 13 heteroatoms. The number of hydrogen-bond acceptors (Lipinski definition) is 9. The van der Waals surface area contributed by atoms with Crippen LogP contribution in [-0.4, -0.2) is 82.3 Å². The average molecular weight is 680 g/mol. The maximum Gasteiger partial charge on any atom is 0.509 e. The first-order valence-corrected chi connectivity index (χ1v) is 19.9. The molecular formula is C35H49N5O7Si. The number of carbonyl (C=O) groups excluding carboxylic acids is 3. The van der Waals surface area contributed by atoms with Crippen molar-refractivity contribution < 1.29 is 33.3 Å². The van der Waals surface area contributed by atoms with Crippen molar-refractivity contribution in [1.29, 1.82) is 0 Å². The number of benzene rings is 2. The average Bonchev–Trinajstić information content (AvgIpc) is 3.55. The maximum absolute atomic E-state index is 13.6. The molecule has 1 N–H and O–H groups in total. The van der Waals surface area contributed by atoms with Crippen LogP contribution < -0.4 is 5.32 Å². The largest absolute Gasteiger partial charge is 0.509 e. The fraction of sp³-hybridized carbons (Fsp3) is 0.514. The van der Waals surface area contributed by atoms with E-state index in [4.69, 9.17) is 18.9 Å². The Balaban J connectivity index is 1.60. The first-order valence-electron chi connectivity index (χ1n) is 16.2. The highest BCUT2D eigenvalue weighted by atomic mass is 28.3. The standard InChI is InChI=1S/C35H49N5O7Si/c1-34(2,3)46-32(42)40-22-29(44-33(43)47-35(4,5)6)30(45-31(41)36-20-25-13-11-10-12-14-25)28(40)19-24-15-17-26(18-16-24)27-21-39(38-37-27)23-48(7,8)9/h10-18,21,28-30H,19-20,22-23H2,1-9H3,(H,36,41)/t28-,29+,30+/m1/s1. The van der Waals surface area contributed by atoms with E-state index in [0.717, 1.165) is 28.6 Å². The van der Waals surface area contributed by atoms with Crippen LogP contribution in [0.4, 0.5) is 14.4 Å². The zero-order valence-electron chi connectivity index (χ0n) is 29.5. The Bertz CT molecular complexity index is 1540. The summed E-state index contributed by atoms with van der Waals surface area (Å²) in [6.07, 6.45) is -1.19. The normalized spacial score (nSPS) is 18.3. The van der Waals surface area contributed by atoms with E-state index in [-0.39, 0.29) is 19.5 Å². The minimum Gasteiger partial charge on any atom is -0.444 e. The summed E-state index contributed by atoms with van der Waals surface area (Å²) >= 11 is 0. The van der Waals surface area contributed by atoms with Crippen LogP contribution in [0.5, 0.6) is 0 Å². The number of rotatable bonds is 9. The summed E-state index contributed by atoms with van der Waals surface area (Å²) in [7, 11) is -1.38. The first-order chi connectivity index (χ1) is 22.3. The molecule has 0 radical (unpaired) electrons. The predicted octanol–water partition coefficient (Wildman–Crippen LogP) is 6.60. The van der Waals surface area contributed by atoms with Crippen LogP contribution in [0.25, 0.3) is 11.3 Å². The summed E-state index contributed by atoms with van der Waals surface area (Å²) in [6, 6.07) is 16.5. The van der Waals surface area contributed by atoms with Crippen LogP contribution in [-0.2, 0) is 38.1 Å². The van der Waals surface area contributed by atoms with E-state index >= 15 is 0 Å². The quantitative estimate of drug-likeness (QED) is 0.151. The molecule has 3 atom stereocenters. The Morgan fingerprint density at radius 2 is 1.52 bits per heavy atom. The van der Waals surface area contributed by atoms with Gasteiger partial charge in [0.15, 0.2) is 12.2 Å². The minimum atomic E-state index is -1.38. The van der Waals surface area contributed by atoms with Gasteiger partial charge < -0.3 is 24.3 Å². The summed E-state index contributed by atoms with van der Waals surface area (Å²) in [5.74, 6) is 0. The van der Waals surface area contributed by atoms with E-state index in [2.05, 4.69) is 35.3 Å². The molecule has 1 aromatic heterocycles. The van der Waals surface area contributed by atoms with Crippen LogP contribution in [0.15, 0.2) is 60.8 Å². The number of likely N-dealkylation sites (tertiary alicyclic amines) is 1. The van der Waals surface area contributed by atoms with Gasteiger partial charge in [-0.05, 0) is 59.1 Å². The second-order valence-electron chi connectivity index (χ2n) is 15.3. The summed E-state index contributed by atoms with van der Waals surface area (Å²) in [5, 5.41) is 11.4. The topological polar surface area (TPSA) is 134 Å². The van der Waals surface area contributed by atoms with Crippen LogP contribution in [0, 0.1) is 0 Å². The van der Waals surface area contributed by atoms with E-state index in [1.807, 2.05) is 65.5 Å². The molecule has 48 heavy (non-hydrogen) atoms. The van der Waals surface area contributed by atoms with E-state index in [9.17, 15) is 14.4 Å². The Morgan fingerprint density at radius 3 is 2.12 bits per heavy atom. The lowest BCUT2D eigenvalue weighted by atomic mass is 9.99. The van der Waals surface area contributed by atoms with Crippen molar-refractivity contribution >= 4 is 26.4 Å². The van der Waals surface area contributed by atoms with Crippen molar-refractivity contribution in [2.45, 2.75) is 110 Å². The zero-order chi connectivity index (χ0) is 35.3. The molecule has 2 amide bonds. The molecule has 0 aliphatic carbocycles. The summed E-state index contributed by atoms with van der Waals surface area (Å²) in [6.45, 7) is 17.5. The molecular weight excluding hydrogens is 630 g/mol. The van der Waals surface area contributed by atoms with Crippen LogP contribution in [0.2, 0.25) is 19.6 Å². The molecule has 0 spiro atoms. The Morgan fingerprint density at radius 1 is 0.875 bits per heavy atom. The fourth-order valence-corrected chi connectivity index (χ4v) is 6.38. The highest BCUT2D eigenvalue weighted by Crippen LogP contribution is 2.30. The second-order valence-corrected chi connectivity index (χ2v) is 20.7. The van der Waals surface area contributed by atoms with Crippen molar-refractivity contribution in [2.24, 2.45) is 0 Å². The SMILES string of the molecule is CC(C)(C)OC(=O)O[C@H]1CN(C(=O)OC(C)(C)C)[C@H](Cc2ccc(-c3cn(C[Si](C)(C)C)nn3)cc2)[C@@H]1OC(=O)NCc1ccccc1. The Kier molecular flexibility index (Phi) is 11.2. The number of ether oxygens (including phenoxy) is 4. The molecule has 2 aromatic carbocycles. The highest BCUT2D eigenvalue weighted by Gasteiger charge is 2.50. The van der Waals surface area contributed by atoms with Gasteiger partial charge in [0.1, 0.15) is 16.9 Å². The van der Waals surface area contributed by atoms with Gasteiger partial charge in [0.2, 0.25) is 0 Å².